The Balaban J connectivity index is 2.64. The highest BCUT2D eigenvalue weighted by atomic mass is 35.5. The summed E-state index contributed by atoms with van der Waals surface area (Å²) in [4.78, 5) is 10.9. The molecule has 0 saturated heterocycles. The van der Waals surface area contributed by atoms with E-state index in [-0.39, 0.29) is 10.8 Å². The number of ether oxygens (including phenoxy) is 1. The lowest BCUT2D eigenvalue weighted by molar-refractivity contribution is 0.168. The van der Waals surface area contributed by atoms with Gasteiger partial charge in [0.1, 0.15) is 9.36 Å². The Kier molecular flexibility index (Phi) is 3.77. The van der Waals surface area contributed by atoms with Gasteiger partial charge in [-0.05, 0) is 18.5 Å². The SMILES string of the molecule is CCOC(=O)Nc1nsc(Cl)c1Cl. The topological polar surface area (TPSA) is 51.2 Å². The minimum Gasteiger partial charge on any atom is -0.450 e. The highest BCUT2D eigenvalue weighted by molar-refractivity contribution is 7.11. The van der Waals surface area contributed by atoms with Gasteiger partial charge < -0.3 is 4.74 Å². The molecule has 0 aromatic carbocycles. The highest BCUT2D eigenvalue weighted by Gasteiger charge is 2.12. The van der Waals surface area contributed by atoms with Crippen LogP contribution in [0.4, 0.5) is 10.6 Å². The molecule has 0 atom stereocenters. The van der Waals surface area contributed by atoms with E-state index in [1.165, 1.54) is 0 Å². The van der Waals surface area contributed by atoms with Crippen LogP contribution >= 0.6 is 34.7 Å². The summed E-state index contributed by atoms with van der Waals surface area (Å²) in [5.41, 5.74) is 0. The molecule has 0 aliphatic heterocycles. The molecule has 13 heavy (non-hydrogen) atoms. The number of rotatable bonds is 2. The van der Waals surface area contributed by atoms with E-state index in [1.54, 1.807) is 6.92 Å². The molecule has 0 spiro atoms. The number of amides is 1. The lowest BCUT2D eigenvalue weighted by Gasteiger charge is -2.01. The normalized spacial score (nSPS) is 9.77. The van der Waals surface area contributed by atoms with E-state index in [1.807, 2.05) is 0 Å². The smallest absolute Gasteiger partial charge is 0.412 e. The third-order valence-electron chi connectivity index (χ3n) is 1.09. The van der Waals surface area contributed by atoms with Crippen LogP contribution in [0, 0.1) is 0 Å². The van der Waals surface area contributed by atoms with Crippen LogP contribution < -0.4 is 5.32 Å². The Morgan fingerprint density at radius 2 is 2.38 bits per heavy atom. The second-order valence-electron chi connectivity index (χ2n) is 1.96. The quantitative estimate of drug-likeness (QED) is 0.865. The molecule has 1 N–H and O–H groups in total. The summed E-state index contributed by atoms with van der Waals surface area (Å²) in [5.74, 6) is 0.232. The van der Waals surface area contributed by atoms with Gasteiger partial charge in [-0.25, -0.2) is 4.79 Å². The van der Waals surface area contributed by atoms with E-state index < -0.39 is 6.09 Å². The molecule has 1 aromatic rings. The number of nitrogens with zero attached hydrogens (tertiary/aromatic N) is 1. The Labute approximate surface area is 89.0 Å². The molecule has 0 radical (unpaired) electrons. The third-order valence-corrected chi connectivity index (χ3v) is 2.70. The molecule has 1 aromatic heterocycles. The number of halogens is 2. The molecule has 1 rings (SSSR count). The molecule has 4 nitrogen and oxygen atoms in total. The number of hydrogen-bond acceptors (Lipinski definition) is 4. The highest BCUT2D eigenvalue weighted by Crippen LogP contribution is 2.32. The molecule has 0 aliphatic carbocycles. The number of carbonyl (C=O) groups excluding carboxylic acids is 1. The zero-order chi connectivity index (χ0) is 9.84. The van der Waals surface area contributed by atoms with Crippen molar-refractivity contribution in [2.45, 2.75) is 6.92 Å². The standard InChI is InChI=1S/C6H6Cl2N2O2S/c1-2-12-6(11)9-5-3(7)4(8)13-10-5/h2H2,1H3,(H,9,10,11). The number of carbonyl (C=O) groups is 1. The van der Waals surface area contributed by atoms with Gasteiger partial charge in [-0.2, -0.15) is 4.37 Å². The maximum absolute atomic E-state index is 10.9. The van der Waals surface area contributed by atoms with E-state index in [0.29, 0.717) is 10.9 Å². The first-order chi connectivity index (χ1) is 6.15. The molecule has 0 saturated carbocycles. The van der Waals surface area contributed by atoms with E-state index >= 15 is 0 Å². The van der Waals surface area contributed by atoms with Crippen LogP contribution in [-0.4, -0.2) is 17.1 Å². The van der Waals surface area contributed by atoms with E-state index in [9.17, 15) is 4.79 Å². The molecule has 0 unspecified atom stereocenters. The van der Waals surface area contributed by atoms with Gasteiger partial charge in [-0.15, -0.1) is 0 Å². The van der Waals surface area contributed by atoms with E-state index in [2.05, 4.69) is 14.4 Å². The molecular weight excluding hydrogens is 235 g/mol. The fourth-order valence-electron chi connectivity index (χ4n) is 0.601. The molecule has 72 valence electrons. The number of hydrogen-bond donors (Lipinski definition) is 1. The largest absolute Gasteiger partial charge is 0.450 e. The van der Waals surface area contributed by atoms with Crippen LogP contribution in [0.5, 0.6) is 0 Å². The summed E-state index contributed by atoms with van der Waals surface area (Å²) in [6, 6.07) is 0. The Morgan fingerprint density at radius 3 is 2.85 bits per heavy atom. The van der Waals surface area contributed by atoms with Crippen molar-refractivity contribution in [3.05, 3.63) is 9.36 Å². The number of anilines is 1. The molecule has 1 amide bonds. The summed E-state index contributed by atoms with van der Waals surface area (Å²) in [5, 5.41) is 2.59. The molecule has 7 heteroatoms. The van der Waals surface area contributed by atoms with Crippen molar-refractivity contribution in [2.75, 3.05) is 11.9 Å². The molecule has 0 aliphatic rings. The second-order valence-corrected chi connectivity index (χ2v) is 3.72. The van der Waals surface area contributed by atoms with Crippen LogP contribution in [0.3, 0.4) is 0 Å². The van der Waals surface area contributed by atoms with Crippen molar-refractivity contribution in [3.8, 4) is 0 Å². The number of aromatic nitrogens is 1. The maximum atomic E-state index is 10.9. The van der Waals surface area contributed by atoms with E-state index in [4.69, 9.17) is 23.2 Å². The van der Waals surface area contributed by atoms with Gasteiger partial charge >= 0.3 is 6.09 Å². The minimum absolute atomic E-state index is 0.232. The van der Waals surface area contributed by atoms with Crippen LogP contribution in [-0.2, 0) is 4.74 Å². The fourth-order valence-corrected chi connectivity index (χ4v) is 1.52. The molecular formula is C6H6Cl2N2O2S. The van der Waals surface area contributed by atoms with Gasteiger partial charge in [0.25, 0.3) is 0 Å². The lowest BCUT2D eigenvalue weighted by Crippen LogP contribution is -2.13. The lowest BCUT2D eigenvalue weighted by atomic mass is 10.6. The zero-order valence-corrected chi connectivity index (χ0v) is 8.96. The average Bonchev–Trinajstić information content (AvgIpc) is 2.37. The fraction of sp³-hybridized carbons (Fsp3) is 0.333. The second kappa shape index (κ2) is 4.64. The summed E-state index contributed by atoms with van der Waals surface area (Å²) in [7, 11) is 0. The molecule has 0 bridgehead atoms. The van der Waals surface area contributed by atoms with Crippen molar-refractivity contribution in [2.24, 2.45) is 0 Å². The summed E-state index contributed by atoms with van der Waals surface area (Å²) >= 11 is 12.3. The summed E-state index contributed by atoms with van der Waals surface area (Å²) < 4.78 is 8.77. The van der Waals surface area contributed by atoms with Crippen molar-refractivity contribution >= 4 is 46.6 Å². The first kappa shape index (κ1) is 10.6. The number of nitrogens with one attached hydrogen (secondary N) is 1. The van der Waals surface area contributed by atoms with Crippen LogP contribution in [0.2, 0.25) is 9.36 Å². The first-order valence-electron chi connectivity index (χ1n) is 3.39. The first-order valence-corrected chi connectivity index (χ1v) is 4.92. The molecule has 0 fully saturated rings. The van der Waals surface area contributed by atoms with Crippen molar-refractivity contribution in [1.29, 1.82) is 0 Å². The van der Waals surface area contributed by atoms with Crippen LogP contribution in [0.25, 0.3) is 0 Å². The Morgan fingerprint density at radius 1 is 1.69 bits per heavy atom. The zero-order valence-electron chi connectivity index (χ0n) is 6.63. The van der Waals surface area contributed by atoms with Crippen LogP contribution in [0.15, 0.2) is 0 Å². The maximum Gasteiger partial charge on any atom is 0.412 e. The van der Waals surface area contributed by atoms with Gasteiger partial charge in [-0.1, -0.05) is 23.2 Å². The van der Waals surface area contributed by atoms with Crippen molar-refractivity contribution < 1.29 is 9.53 Å². The Bertz CT molecular complexity index is 316. The summed E-state index contributed by atoms with van der Waals surface area (Å²) in [6.45, 7) is 2.00. The van der Waals surface area contributed by atoms with Gasteiger partial charge in [0, 0.05) is 0 Å². The predicted octanol–water partition coefficient (Wildman–Crippen LogP) is 3.02. The van der Waals surface area contributed by atoms with E-state index in [0.717, 1.165) is 11.5 Å². The Hall–Kier alpha value is -0.520. The predicted molar refractivity (Wildman–Crippen MR) is 52.8 cm³/mol. The van der Waals surface area contributed by atoms with Crippen molar-refractivity contribution in [3.63, 3.8) is 0 Å². The van der Waals surface area contributed by atoms with Crippen molar-refractivity contribution in [1.82, 2.24) is 4.37 Å². The molecule has 1 heterocycles. The van der Waals surface area contributed by atoms with Gasteiger partial charge in [-0.3, -0.25) is 5.32 Å². The average molecular weight is 241 g/mol. The monoisotopic (exact) mass is 240 g/mol. The van der Waals surface area contributed by atoms with Crippen LogP contribution in [0.1, 0.15) is 6.92 Å². The van der Waals surface area contributed by atoms with Gasteiger partial charge in [0.2, 0.25) is 0 Å². The summed E-state index contributed by atoms with van der Waals surface area (Å²) in [6.07, 6.45) is -0.591. The minimum atomic E-state index is -0.591. The van der Waals surface area contributed by atoms with Gasteiger partial charge in [0.15, 0.2) is 5.82 Å². The van der Waals surface area contributed by atoms with Gasteiger partial charge in [0.05, 0.1) is 6.61 Å². The third kappa shape index (κ3) is 2.72.